The van der Waals surface area contributed by atoms with Crippen molar-refractivity contribution >= 4 is 17.5 Å². The van der Waals surface area contributed by atoms with Gasteiger partial charge in [0.05, 0.1) is 6.61 Å². The van der Waals surface area contributed by atoms with Gasteiger partial charge in [-0.05, 0) is 6.42 Å². The Kier molecular flexibility index (Phi) is 3.87. The van der Waals surface area contributed by atoms with Gasteiger partial charge in [-0.25, -0.2) is 0 Å². The van der Waals surface area contributed by atoms with Gasteiger partial charge in [-0.3, -0.25) is 4.79 Å². The summed E-state index contributed by atoms with van der Waals surface area (Å²) >= 11 is 6.19. The van der Waals surface area contributed by atoms with Crippen LogP contribution in [0.1, 0.15) is 13.3 Å². The molecule has 0 unspecified atom stereocenters. The first-order valence-corrected chi connectivity index (χ1v) is 6.46. The van der Waals surface area contributed by atoms with E-state index >= 15 is 0 Å². The first-order valence-electron chi connectivity index (χ1n) is 6.02. The molecule has 3 N–H and O–H groups in total. The summed E-state index contributed by atoms with van der Waals surface area (Å²) in [5, 5.41) is 21.4. The molecule has 1 saturated heterocycles. The molecule has 4 atom stereocenters. The zero-order chi connectivity index (χ0) is 14.2. The third-order valence-electron chi connectivity index (χ3n) is 3.57. The van der Waals surface area contributed by atoms with E-state index in [-0.39, 0.29) is 12.5 Å². The average molecular weight is 289 g/mol. The molecule has 2 aliphatic rings. The fourth-order valence-electron chi connectivity index (χ4n) is 2.29. The Morgan fingerprint density at radius 2 is 2.37 bits per heavy atom. The van der Waals surface area contributed by atoms with Gasteiger partial charge in [0, 0.05) is 12.3 Å². The lowest BCUT2D eigenvalue weighted by Crippen LogP contribution is -2.44. The quantitative estimate of drug-likeness (QED) is 0.630. The number of aliphatic hydroxyl groups excluding tert-OH is 2. The Labute approximate surface area is 116 Å². The normalized spacial score (nSPS) is 38.7. The van der Waals surface area contributed by atoms with Crippen LogP contribution in [0.5, 0.6) is 0 Å². The number of rotatable bonds is 3. The van der Waals surface area contributed by atoms with Crippen molar-refractivity contribution in [1.82, 2.24) is 10.2 Å². The maximum Gasteiger partial charge on any atom is 0.250 e. The van der Waals surface area contributed by atoms with Gasteiger partial charge in [0.25, 0.3) is 5.91 Å². The summed E-state index contributed by atoms with van der Waals surface area (Å²) in [6.07, 6.45) is 1.53. The molecule has 1 amide bonds. The van der Waals surface area contributed by atoms with Crippen molar-refractivity contribution in [3.8, 4) is 0 Å². The summed E-state index contributed by atoms with van der Waals surface area (Å²) in [7, 11) is 0. The number of nitrogens with one attached hydrogen (secondary N) is 1. The number of ether oxygens (including phenoxy) is 1. The number of alkyl halides is 1. The third-order valence-corrected chi connectivity index (χ3v) is 4.03. The number of halogens is 1. The van der Waals surface area contributed by atoms with E-state index in [9.17, 15) is 15.0 Å². The summed E-state index contributed by atoms with van der Waals surface area (Å²) < 4.78 is 5.75. The van der Waals surface area contributed by atoms with E-state index in [2.05, 4.69) is 11.9 Å². The van der Waals surface area contributed by atoms with Crippen LogP contribution >= 0.6 is 11.6 Å². The lowest BCUT2D eigenvalue weighted by Gasteiger charge is -2.33. The molecular weight excluding hydrogens is 272 g/mol. The molecule has 2 heterocycles. The number of amides is 1. The van der Waals surface area contributed by atoms with E-state index in [1.54, 1.807) is 6.92 Å². The smallest absolute Gasteiger partial charge is 0.250 e. The van der Waals surface area contributed by atoms with Crippen molar-refractivity contribution in [2.45, 2.75) is 36.7 Å². The summed E-state index contributed by atoms with van der Waals surface area (Å²) in [5.74, 6) is 0.0371. The molecule has 0 aromatic carbocycles. The van der Waals surface area contributed by atoms with E-state index in [1.807, 2.05) is 0 Å². The summed E-state index contributed by atoms with van der Waals surface area (Å²) in [6, 6.07) is 0. The van der Waals surface area contributed by atoms with E-state index in [1.165, 1.54) is 17.2 Å². The summed E-state index contributed by atoms with van der Waals surface area (Å²) in [4.78, 5) is 12.7. The highest BCUT2D eigenvalue weighted by molar-refractivity contribution is 6.21. The van der Waals surface area contributed by atoms with Gasteiger partial charge < -0.3 is 25.2 Å². The second kappa shape index (κ2) is 5.13. The van der Waals surface area contributed by atoms with E-state index < -0.39 is 23.3 Å². The van der Waals surface area contributed by atoms with Crippen LogP contribution in [0.4, 0.5) is 0 Å². The lowest BCUT2D eigenvalue weighted by atomic mass is 9.94. The summed E-state index contributed by atoms with van der Waals surface area (Å²) in [6.45, 7) is 5.18. The molecular formula is C12H17ClN2O4. The van der Waals surface area contributed by atoms with Crippen molar-refractivity contribution < 1.29 is 19.7 Å². The Bertz CT molecular complexity index is 422. The van der Waals surface area contributed by atoms with Crippen LogP contribution in [-0.2, 0) is 9.53 Å². The SMILES string of the molecule is C=C1NC(=O)C=CN1[C@@H]1O[C@](CC)(CO)[C@@H](O)[C@H]1Cl. The van der Waals surface area contributed by atoms with Gasteiger partial charge in [0.2, 0.25) is 0 Å². The number of nitrogens with zero attached hydrogens (tertiary/aromatic N) is 1. The fraction of sp³-hybridized carbons (Fsp3) is 0.583. The minimum Gasteiger partial charge on any atom is -0.393 e. The van der Waals surface area contributed by atoms with E-state index in [0.717, 1.165) is 0 Å². The molecule has 0 aromatic heterocycles. The Hall–Kier alpha value is -1.08. The van der Waals surface area contributed by atoms with Crippen molar-refractivity contribution in [3.05, 3.63) is 24.7 Å². The van der Waals surface area contributed by atoms with Gasteiger partial charge in [0.15, 0.2) is 6.23 Å². The molecule has 106 valence electrons. The average Bonchev–Trinajstić information content (AvgIpc) is 2.64. The van der Waals surface area contributed by atoms with Crippen LogP contribution in [0.25, 0.3) is 0 Å². The molecule has 2 rings (SSSR count). The standard InChI is InChI=1S/C12H17ClN2O4/c1-3-12(6-16)10(18)9(13)11(19-12)15-5-4-8(17)14-7(15)2/h4-5,9-11,16,18H,2-3,6H2,1H3,(H,14,17)/t9-,10+,11-,12-/m1/s1. The number of carbonyl (C=O) groups excluding carboxylic acids is 1. The van der Waals surface area contributed by atoms with Crippen LogP contribution in [0.3, 0.4) is 0 Å². The maximum absolute atomic E-state index is 11.2. The highest BCUT2D eigenvalue weighted by Gasteiger charge is 2.54. The highest BCUT2D eigenvalue weighted by Crippen LogP contribution is 2.39. The predicted octanol–water partition coefficient (Wildman–Crippen LogP) is -0.131. The zero-order valence-electron chi connectivity index (χ0n) is 10.5. The Morgan fingerprint density at radius 1 is 1.68 bits per heavy atom. The molecule has 6 nitrogen and oxygen atoms in total. The van der Waals surface area contributed by atoms with Crippen LogP contribution in [0, 0.1) is 0 Å². The van der Waals surface area contributed by atoms with Crippen molar-refractivity contribution in [2.24, 2.45) is 0 Å². The van der Waals surface area contributed by atoms with Crippen LogP contribution in [0.2, 0.25) is 0 Å². The van der Waals surface area contributed by atoms with E-state index in [4.69, 9.17) is 16.3 Å². The van der Waals surface area contributed by atoms with Crippen molar-refractivity contribution in [1.29, 1.82) is 0 Å². The lowest BCUT2D eigenvalue weighted by molar-refractivity contribution is -0.137. The second-order valence-electron chi connectivity index (χ2n) is 4.63. The minimum atomic E-state index is -1.09. The molecule has 0 bridgehead atoms. The molecule has 7 heteroatoms. The molecule has 19 heavy (non-hydrogen) atoms. The highest BCUT2D eigenvalue weighted by atomic mass is 35.5. The van der Waals surface area contributed by atoms with Gasteiger partial charge in [-0.15, -0.1) is 11.6 Å². The molecule has 0 aliphatic carbocycles. The van der Waals surface area contributed by atoms with Gasteiger partial charge in [-0.2, -0.15) is 0 Å². The first-order chi connectivity index (χ1) is 8.95. The summed E-state index contributed by atoms with van der Waals surface area (Å²) in [5.41, 5.74) is -1.09. The zero-order valence-corrected chi connectivity index (χ0v) is 11.3. The van der Waals surface area contributed by atoms with Crippen LogP contribution in [0.15, 0.2) is 24.7 Å². The van der Waals surface area contributed by atoms with Gasteiger partial charge in [-0.1, -0.05) is 13.5 Å². The molecule has 0 aromatic rings. The number of carbonyl (C=O) groups is 1. The number of hydrogen-bond donors (Lipinski definition) is 3. The van der Waals surface area contributed by atoms with Crippen LogP contribution in [-0.4, -0.2) is 50.9 Å². The van der Waals surface area contributed by atoms with Crippen molar-refractivity contribution in [2.75, 3.05) is 6.61 Å². The fourth-order valence-corrected chi connectivity index (χ4v) is 2.69. The Balaban J connectivity index is 2.25. The predicted molar refractivity (Wildman–Crippen MR) is 68.9 cm³/mol. The molecule has 2 aliphatic heterocycles. The van der Waals surface area contributed by atoms with E-state index in [0.29, 0.717) is 12.2 Å². The monoisotopic (exact) mass is 288 g/mol. The molecule has 0 spiro atoms. The molecule has 0 saturated carbocycles. The number of hydrogen-bond acceptors (Lipinski definition) is 5. The minimum absolute atomic E-state index is 0.283. The molecule has 1 fully saturated rings. The topological polar surface area (TPSA) is 82.0 Å². The second-order valence-corrected chi connectivity index (χ2v) is 5.14. The van der Waals surface area contributed by atoms with Crippen molar-refractivity contribution in [3.63, 3.8) is 0 Å². The first kappa shape index (κ1) is 14.3. The van der Waals surface area contributed by atoms with Gasteiger partial charge >= 0.3 is 0 Å². The maximum atomic E-state index is 11.2. The number of aliphatic hydroxyl groups is 2. The Morgan fingerprint density at radius 3 is 2.84 bits per heavy atom. The van der Waals surface area contributed by atoms with Gasteiger partial charge in [0.1, 0.15) is 22.9 Å². The van der Waals surface area contributed by atoms with Crippen LogP contribution < -0.4 is 5.32 Å². The molecule has 0 radical (unpaired) electrons. The largest absolute Gasteiger partial charge is 0.393 e. The third kappa shape index (κ3) is 2.25.